The van der Waals surface area contributed by atoms with Gasteiger partial charge in [0.05, 0.1) is 6.10 Å². The van der Waals surface area contributed by atoms with E-state index in [-0.39, 0.29) is 6.10 Å². The molecule has 1 N–H and O–H groups in total. The Labute approximate surface area is 99.5 Å². The molecule has 1 aromatic carbocycles. The van der Waals surface area contributed by atoms with Gasteiger partial charge in [0.25, 0.3) is 0 Å². The quantitative estimate of drug-likeness (QED) is 0.762. The first-order valence-electron chi connectivity index (χ1n) is 6.43. The van der Waals surface area contributed by atoms with Gasteiger partial charge in [-0.15, -0.1) is 0 Å². The lowest BCUT2D eigenvalue weighted by Gasteiger charge is -2.27. The lowest BCUT2D eigenvalue weighted by Crippen LogP contribution is -2.19. The van der Waals surface area contributed by atoms with Crippen molar-refractivity contribution in [3.8, 4) is 0 Å². The standard InChI is InChI=1S/C15H24O/c1-4-9-13(5-2)12(3)15(16)14-10-7-6-8-11-14/h6-8,10-13,15-16H,4-5,9H2,1-3H3/t12-,13?,15-/m1/s1. The fourth-order valence-electron chi connectivity index (χ4n) is 2.42. The van der Waals surface area contributed by atoms with Crippen molar-refractivity contribution in [2.45, 2.75) is 46.1 Å². The summed E-state index contributed by atoms with van der Waals surface area (Å²) in [5, 5.41) is 10.3. The molecule has 0 heterocycles. The molecule has 1 nitrogen and oxygen atoms in total. The van der Waals surface area contributed by atoms with Gasteiger partial charge in [0.2, 0.25) is 0 Å². The Morgan fingerprint density at radius 1 is 1.12 bits per heavy atom. The number of aliphatic hydroxyl groups excluding tert-OH is 1. The molecule has 0 fully saturated rings. The van der Waals surface area contributed by atoms with Crippen LogP contribution in [0.1, 0.15) is 51.7 Å². The molecule has 0 aliphatic heterocycles. The van der Waals surface area contributed by atoms with Crippen LogP contribution in [0.25, 0.3) is 0 Å². The number of aliphatic hydroxyl groups is 1. The minimum Gasteiger partial charge on any atom is -0.388 e. The average Bonchev–Trinajstić information content (AvgIpc) is 2.35. The van der Waals surface area contributed by atoms with Crippen molar-refractivity contribution in [3.63, 3.8) is 0 Å². The first-order valence-corrected chi connectivity index (χ1v) is 6.43. The summed E-state index contributed by atoms with van der Waals surface area (Å²) in [5.41, 5.74) is 1.05. The second-order valence-corrected chi connectivity index (χ2v) is 4.67. The maximum atomic E-state index is 10.3. The van der Waals surface area contributed by atoms with E-state index in [0.717, 1.165) is 12.0 Å². The van der Waals surface area contributed by atoms with Crippen molar-refractivity contribution in [2.75, 3.05) is 0 Å². The highest BCUT2D eigenvalue weighted by Crippen LogP contribution is 2.32. The summed E-state index contributed by atoms with van der Waals surface area (Å²) in [4.78, 5) is 0. The van der Waals surface area contributed by atoms with Crippen LogP contribution in [0, 0.1) is 11.8 Å². The van der Waals surface area contributed by atoms with E-state index in [9.17, 15) is 5.11 Å². The predicted octanol–water partition coefficient (Wildman–Crippen LogP) is 4.18. The molecule has 0 aromatic heterocycles. The Bertz CT molecular complexity index is 281. The van der Waals surface area contributed by atoms with Gasteiger partial charge in [-0.05, 0) is 17.4 Å². The third kappa shape index (κ3) is 3.34. The van der Waals surface area contributed by atoms with Crippen molar-refractivity contribution in [3.05, 3.63) is 35.9 Å². The molecule has 0 radical (unpaired) electrons. The first kappa shape index (κ1) is 13.2. The second-order valence-electron chi connectivity index (χ2n) is 4.67. The first-order chi connectivity index (χ1) is 7.70. The molecule has 0 bridgehead atoms. The van der Waals surface area contributed by atoms with Crippen LogP contribution in [-0.2, 0) is 0 Å². The molecule has 0 spiro atoms. The molecule has 0 aliphatic rings. The van der Waals surface area contributed by atoms with E-state index in [0.29, 0.717) is 11.8 Å². The molecule has 0 saturated carbocycles. The molecule has 1 aromatic rings. The number of hydrogen-bond donors (Lipinski definition) is 1. The summed E-state index contributed by atoms with van der Waals surface area (Å²) >= 11 is 0. The van der Waals surface area contributed by atoms with Crippen LogP contribution in [0.3, 0.4) is 0 Å². The number of hydrogen-bond acceptors (Lipinski definition) is 1. The molecular weight excluding hydrogens is 196 g/mol. The van der Waals surface area contributed by atoms with E-state index < -0.39 is 0 Å². The number of rotatable bonds is 6. The predicted molar refractivity (Wildman–Crippen MR) is 69.3 cm³/mol. The molecule has 1 unspecified atom stereocenters. The molecule has 0 amide bonds. The molecular formula is C15H24O. The van der Waals surface area contributed by atoms with Crippen LogP contribution in [0.5, 0.6) is 0 Å². The Kier molecular flexibility index (Phi) is 5.54. The summed E-state index contributed by atoms with van der Waals surface area (Å²) in [6.07, 6.45) is 3.24. The Balaban J connectivity index is 2.69. The zero-order valence-corrected chi connectivity index (χ0v) is 10.7. The van der Waals surface area contributed by atoms with Crippen molar-refractivity contribution < 1.29 is 5.11 Å². The minimum atomic E-state index is -0.322. The highest BCUT2D eigenvalue weighted by Gasteiger charge is 2.23. The van der Waals surface area contributed by atoms with Crippen LogP contribution < -0.4 is 0 Å². The van der Waals surface area contributed by atoms with E-state index in [1.54, 1.807) is 0 Å². The van der Waals surface area contributed by atoms with E-state index in [2.05, 4.69) is 20.8 Å². The van der Waals surface area contributed by atoms with Crippen molar-refractivity contribution in [2.24, 2.45) is 11.8 Å². The van der Waals surface area contributed by atoms with Gasteiger partial charge in [-0.25, -0.2) is 0 Å². The average molecular weight is 220 g/mol. The number of benzene rings is 1. The van der Waals surface area contributed by atoms with Crippen molar-refractivity contribution in [1.82, 2.24) is 0 Å². The van der Waals surface area contributed by atoms with Crippen LogP contribution >= 0.6 is 0 Å². The highest BCUT2D eigenvalue weighted by atomic mass is 16.3. The van der Waals surface area contributed by atoms with Crippen molar-refractivity contribution >= 4 is 0 Å². The van der Waals surface area contributed by atoms with E-state index >= 15 is 0 Å². The maximum Gasteiger partial charge on any atom is 0.0818 e. The summed E-state index contributed by atoms with van der Waals surface area (Å²) in [6.45, 7) is 6.60. The van der Waals surface area contributed by atoms with Crippen molar-refractivity contribution in [1.29, 1.82) is 0 Å². The van der Waals surface area contributed by atoms with Gasteiger partial charge < -0.3 is 5.11 Å². The normalized spacial score (nSPS) is 16.8. The van der Waals surface area contributed by atoms with Crippen LogP contribution in [0.15, 0.2) is 30.3 Å². The fraction of sp³-hybridized carbons (Fsp3) is 0.600. The van der Waals surface area contributed by atoms with E-state index in [1.165, 1.54) is 12.8 Å². The molecule has 1 rings (SSSR count). The van der Waals surface area contributed by atoms with E-state index in [4.69, 9.17) is 0 Å². The van der Waals surface area contributed by atoms with Gasteiger partial charge in [0.15, 0.2) is 0 Å². The van der Waals surface area contributed by atoms with Gasteiger partial charge in [-0.1, -0.05) is 70.4 Å². The van der Waals surface area contributed by atoms with Crippen LogP contribution in [0.2, 0.25) is 0 Å². The molecule has 16 heavy (non-hydrogen) atoms. The SMILES string of the molecule is CCCC(CC)[C@@H](C)[C@@H](O)c1ccccc1. The van der Waals surface area contributed by atoms with Gasteiger partial charge in [0, 0.05) is 0 Å². The summed E-state index contributed by atoms with van der Waals surface area (Å²) in [6, 6.07) is 10.0. The zero-order chi connectivity index (χ0) is 12.0. The molecule has 1 heteroatoms. The second kappa shape index (κ2) is 6.70. The van der Waals surface area contributed by atoms with E-state index in [1.807, 2.05) is 30.3 Å². The molecule has 3 atom stereocenters. The lowest BCUT2D eigenvalue weighted by molar-refractivity contribution is 0.0773. The highest BCUT2D eigenvalue weighted by molar-refractivity contribution is 5.17. The zero-order valence-electron chi connectivity index (χ0n) is 10.7. The van der Waals surface area contributed by atoms with Crippen LogP contribution in [-0.4, -0.2) is 5.11 Å². The third-order valence-corrected chi connectivity index (χ3v) is 3.57. The van der Waals surface area contributed by atoms with Crippen LogP contribution in [0.4, 0.5) is 0 Å². The summed E-state index contributed by atoms with van der Waals surface area (Å²) in [7, 11) is 0. The largest absolute Gasteiger partial charge is 0.388 e. The summed E-state index contributed by atoms with van der Waals surface area (Å²) < 4.78 is 0. The lowest BCUT2D eigenvalue weighted by atomic mass is 9.82. The summed E-state index contributed by atoms with van der Waals surface area (Å²) in [5.74, 6) is 0.965. The topological polar surface area (TPSA) is 20.2 Å². The van der Waals surface area contributed by atoms with Gasteiger partial charge >= 0.3 is 0 Å². The third-order valence-electron chi connectivity index (χ3n) is 3.57. The monoisotopic (exact) mass is 220 g/mol. The fourth-order valence-corrected chi connectivity index (χ4v) is 2.42. The minimum absolute atomic E-state index is 0.322. The molecule has 0 saturated heterocycles. The van der Waals surface area contributed by atoms with Gasteiger partial charge in [0.1, 0.15) is 0 Å². The Morgan fingerprint density at radius 3 is 2.25 bits per heavy atom. The van der Waals surface area contributed by atoms with Gasteiger partial charge in [-0.3, -0.25) is 0 Å². The Hall–Kier alpha value is -0.820. The maximum absolute atomic E-state index is 10.3. The molecule has 90 valence electrons. The van der Waals surface area contributed by atoms with Gasteiger partial charge in [-0.2, -0.15) is 0 Å². The Morgan fingerprint density at radius 2 is 1.75 bits per heavy atom. The smallest absolute Gasteiger partial charge is 0.0818 e. The molecule has 0 aliphatic carbocycles.